The second-order valence-electron chi connectivity index (χ2n) is 13.7. The van der Waals surface area contributed by atoms with Crippen LogP contribution in [0.25, 0.3) is 0 Å². The van der Waals surface area contributed by atoms with E-state index in [-0.39, 0.29) is 40.5 Å². The van der Waals surface area contributed by atoms with Crippen LogP contribution in [0.5, 0.6) is 0 Å². The minimum Gasteiger partial charge on any atom is -0.481 e. The van der Waals surface area contributed by atoms with E-state index in [0.29, 0.717) is 12.8 Å². The van der Waals surface area contributed by atoms with Crippen LogP contribution >= 0.6 is 0 Å². The first-order valence-electron chi connectivity index (χ1n) is 20.4. The zero-order valence-electron chi connectivity index (χ0n) is 32.6. The van der Waals surface area contributed by atoms with Crippen molar-refractivity contribution in [3.05, 3.63) is 24.0 Å². The summed E-state index contributed by atoms with van der Waals surface area (Å²) in [5.74, 6) is -0.685. The molecule has 0 heterocycles. The molecule has 0 unspecified atom stereocenters. The molecule has 49 heavy (non-hydrogen) atoms. The summed E-state index contributed by atoms with van der Waals surface area (Å²) >= 11 is 0. The first kappa shape index (κ1) is 51.9. The first-order valence-corrected chi connectivity index (χ1v) is 20.4. The van der Waals surface area contributed by atoms with Crippen LogP contribution in [0.1, 0.15) is 219 Å². The van der Waals surface area contributed by atoms with Gasteiger partial charge in [0.25, 0.3) is 11.9 Å². The Hall–Kier alpha value is -1.46. The molecular formula is C42H80CuO6. The maximum atomic E-state index is 11.4. The number of ketones is 2. The normalized spacial score (nSPS) is 11.4. The van der Waals surface area contributed by atoms with Gasteiger partial charge in [-0.1, -0.05) is 194 Å². The van der Waals surface area contributed by atoms with Gasteiger partial charge in [-0.05, 0) is 12.8 Å². The second kappa shape index (κ2) is 44.6. The minimum atomic E-state index is -0.291. The molecule has 0 aromatic heterocycles. The van der Waals surface area contributed by atoms with Crippen LogP contribution in [-0.2, 0) is 36.1 Å². The topological polar surface area (TPSA) is 93.1 Å². The van der Waals surface area contributed by atoms with Crippen molar-refractivity contribution in [2.45, 2.75) is 219 Å². The zero-order chi connectivity index (χ0) is 35.8. The van der Waals surface area contributed by atoms with Crippen molar-refractivity contribution < 1.29 is 46.3 Å². The Morgan fingerprint density at radius 3 is 0.755 bits per heavy atom. The van der Waals surface area contributed by atoms with Crippen molar-refractivity contribution in [2.24, 2.45) is 0 Å². The number of unbranched alkanes of at least 4 members (excludes halogenated alkanes) is 28. The van der Waals surface area contributed by atoms with Gasteiger partial charge in [-0.15, -0.1) is 0 Å². The van der Waals surface area contributed by atoms with Gasteiger partial charge in [0.1, 0.15) is 0 Å². The molecule has 0 atom stereocenters. The minimum absolute atomic E-state index is 0. The number of hydrogen-bond acceptors (Lipinski definition) is 6. The van der Waals surface area contributed by atoms with E-state index in [1.807, 2.05) is 0 Å². The number of rotatable bonds is 36. The zero-order valence-corrected chi connectivity index (χ0v) is 33.6. The van der Waals surface area contributed by atoms with Crippen molar-refractivity contribution in [3.8, 4) is 0 Å². The Balaban J connectivity index is -0.000000846. The number of aliphatic hydroxyl groups is 2. The fourth-order valence-corrected chi connectivity index (χ4v) is 5.88. The smallest absolute Gasteiger partial charge is 0.279 e. The fraction of sp³-hybridized carbons (Fsp3) is 0.857. The summed E-state index contributed by atoms with van der Waals surface area (Å²) in [5, 5.41) is 18.1. The van der Waals surface area contributed by atoms with Crippen molar-refractivity contribution in [1.29, 1.82) is 0 Å². The third-order valence-corrected chi connectivity index (χ3v) is 9.04. The summed E-state index contributed by atoms with van der Waals surface area (Å²) in [7, 11) is 2.71. The molecule has 0 aromatic carbocycles. The maximum absolute atomic E-state index is 11.4. The largest absolute Gasteiger partial charge is 0.481 e. The average molecular weight is 745 g/mol. The molecule has 295 valence electrons. The van der Waals surface area contributed by atoms with E-state index in [2.05, 4.69) is 23.3 Å². The summed E-state index contributed by atoms with van der Waals surface area (Å²) in [4.78, 5) is 22.9. The molecule has 0 aliphatic carbocycles. The summed E-state index contributed by atoms with van der Waals surface area (Å²) in [6, 6.07) is 0. The van der Waals surface area contributed by atoms with Crippen LogP contribution in [0, 0.1) is 0 Å². The third kappa shape index (κ3) is 46.5. The summed E-state index contributed by atoms with van der Waals surface area (Å²) < 4.78 is 9.09. The van der Waals surface area contributed by atoms with Gasteiger partial charge in [-0.25, -0.2) is 0 Å². The molecule has 2 N–H and O–H groups in total. The van der Waals surface area contributed by atoms with Gasteiger partial charge >= 0.3 is 0 Å². The third-order valence-electron chi connectivity index (χ3n) is 9.04. The molecule has 6 nitrogen and oxygen atoms in total. The van der Waals surface area contributed by atoms with Crippen LogP contribution < -0.4 is 0 Å². The van der Waals surface area contributed by atoms with E-state index in [1.165, 1.54) is 193 Å². The predicted octanol–water partition coefficient (Wildman–Crippen LogP) is 13.7. The molecule has 0 bridgehead atoms. The standard InChI is InChI=1S/2C21H40O3.Cu/c2*1-3-4-5-6-7-8-9-10-11-12-13-14-15-16-17-18-20(22)19-21(23)24-2;/h2*19,23H,3-18H2,1-2H3;. The van der Waals surface area contributed by atoms with Crippen LogP contribution in [-0.4, -0.2) is 36.0 Å². The second-order valence-corrected chi connectivity index (χ2v) is 13.7. The van der Waals surface area contributed by atoms with Crippen LogP contribution in [0.3, 0.4) is 0 Å². The van der Waals surface area contributed by atoms with Gasteiger partial charge in [0.15, 0.2) is 11.6 Å². The molecule has 7 heteroatoms. The van der Waals surface area contributed by atoms with Gasteiger partial charge in [0, 0.05) is 29.9 Å². The first-order chi connectivity index (χ1) is 23.4. The number of ether oxygens (including phenoxy) is 2. The number of allylic oxidation sites excluding steroid dienone is 2. The number of aliphatic hydroxyl groups excluding tert-OH is 2. The molecule has 0 saturated carbocycles. The molecule has 0 aliphatic rings. The number of hydrogen-bond donors (Lipinski definition) is 2. The molecule has 0 spiro atoms. The molecule has 0 fully saturated rings. The van der Waals surface area contributed by atoms with E-state index in [0.717, 1.165) is 25.7 Å². The van der Waals surface area contributed by atoms with Crippen LogP contribution in [0.15, 0.2) is 24.0 Å². The van der Waals surface area contributed by atoms with Gasteiger partial charge < -0.3 is 19.7 Å². The Kier molecular flexibility index (Phi) is 47.2. The van der Waals surface area contributed by atoms with Crippen LogP contribution in [0.2, 0.25) is 0 Å². The monoisotopic (exact) mass is 744 g/mol. The van der Waals surface area contributed by atoms with E-state index >= 15 is 0 Å². The van der Waals surface area contributed by atoms with Gasteiger partial charge in [0.05, 0.1) is 26.4 Å². The van der Waals surface area contributed by atoms with Crippen molar-refractivity contribution in [3.63, 3.8) is 0 Å². The van der Waals surface area contributed by atoms with Gasteiger partial charge in [-0.2, -0.15) is 0 Å². The van der Waals surface area contributed by atoms with Crippen molar-refractivity contribution in [1.82, 2.24) is 0 Å². The predicted molar refractivity (Wildman–Crippen MR) is 205 cm³/mol. The SMILES string of the molecule is CCCCCCCCCCCCCCCCCC(=O)C=C(O)OC.CCCCCCCCCCCCCCCCCC(=O)C=C(O)OC.[Cu]. The Labute approximate surface area is 314 Å². The molecule has 0 aliphatic heterocycles. The van der Waals surface area contributed by atoms with E-state index in [1.54, 1.807) is 0 Å². The molecule has 0 aromatic rings. The van der Waals surface area contributed by atoms with Crippen LogP contribution in [0.4, 0.5) is 0 Å². The Morgan fingerprint density at radius 2 is 0.571 bits per heavy atom. The summed E-state index contributed by atoms with van der Waals surface area (Å²) in [6.45, 7) is 4.54. The van der Waals surface area contributed by atoms with Crippen molar-refractivity contribution in [2.75, 3.05) is 14.2 Å². The molecular weight excluding hydrogens is 664 g/mol. The molecule has 0 amide bonds. The quantitative estimate of drug-likeness (QED) is 0.0287. The summed E-state index contributed by atoms with van der Waals surface area (Å²) in [5.41, 5.74) is 0. The Bertz CT molecular complexity index is 689. The molecule has 0 rings (SSSR count). The average Bonchev–Trinajstić information content (AvgIpc) is 3.08. The Morgan fingerprint density at radius 1 is 0.388 bits per heavy atom. The number of carbonyl (C=O) groups excluding carboxylic acids is 2. The van der Waals surface area contributed by atoms with E-state index < -0.39 is 0 Å². The van der Waals surface area contributed by atoms with Gasteiger partial charge in [0.2, 0.25) is 0 Å². The number of methoxy groups -OCH3 is 2. The van der Waals surface area contributed by atoms with Gasteiger partial charge in [-0.3, -0.25) is 9.59 Å². The molecule has 0 saturated heterocycles. The van der Waals surface area contributed by atoms with Crippen molar-refractivity contribution >= 4 is 11.6 Å². The van der Waals surface area contributed by atoms with E-state index in [4.69, 9.17) is 10.2 Å². The van der Waals surface area contributed by atoms with E-state index in [9.17, 15) is 9.59 Å². The maximum Gasteiger partial charge on any atom is 0.279 e. The number of carbonyl (C=O) groups is 2. The fourth-order valence-electron chi connectivity index (χ4n) is 5.88. The molecule has 1 radical (unpaired) electrons. The summed E-state index contributed by atoms with van der Waals surface area (Å²) in [6.07, 6.45) is 43.0.